The molecule has 0 saturated carbocycles. The molecule has 0 unspecified atom stereocenters. The van der Waals surface area contributed by atoms with Gasteiger partial charge in [-0.2, -0.15) is 0 Å². The van der Waals surface area contributed by atoms with Crippen molar-refractivity contribution in [3.05, 3.63) is 36.5 Å². The Bertz CT molecular complexity index is 425. The van der Waals surface area contributed by atoms with Crippen LogP contribution in [0.25, 0.3) is 0 Å². The molecule has 1 heterocycles. The molecule has 0 aromatic carbocycles. The van der Waals surface area contributed by atoms with Crippen LogP contribution >= 0.6 is 0 Å². The highest BCUT2D eigenvalue weighted by Crippen LogP contribution is 2.30. The highest BCUT2D eigenvalue weighted by atomic mass is 16.6. The summed E-state index contributed by atoms with van der Waals surface area (Å²) in [6, 6.07) is 0. The third-order valence-corrected chi connectivity index (χ3v) is 4.01. The molecule has 1 N–H and O–H groups in total. The molecule has 0 spiro atoms. The van der Waals surface area contributed by atoms with Crippen LogP contribution in [0.2, 0.25) is 0 Å². The van der Waals surface area contributed by atoms with Crippen molar-refractivity contribution in [3.63, 3.8) is 0 Å². The van der Waals surface area contributed by atoms with Crippen LogP contribution in [-0.2, 0) is 9.53 Å². The molecule has 1 aliphatic rings. The Morgan fingerprint density at radius 2 is 1.83 bits per heavy atom. The van der Waals surface area contributed by atoms with Crippen molar-refractivity contribution in [2.45, 2.75) is 83.0 Å². The van der Waals surface area contributed by atoms with Crippen LogP contribution in [0.3, 0.4) is 0 Å². The van der Waals surface area contributed by atoms with Crippen LogP contribution in [0.1, 0.15) is 64.7 Å². The first-order valence-electron chi connectivity index (χ1n) is 9.15. The third-order valence-electron chi connectivity index (χ3n) is 4.01. The van der Waals surface area contributed by atoms with Gasteiger partial charge < -0.3 is 19.7 Å². The molecular formula is C20H31O4-. The number of hydrogen-bond acceptors (Lipinski definition) is 4. The maximum Gasteiger partial charge on any atom is 0.114 e. The summed E-state index contributed by atoms with van der Waals surface area (Å²) < 4.78 is 5.51. The molecule has 4 heteroatoms. The number of carboxylic acid groups (broad SMARTS) is 1. The fraction of sp³-hybridized carbons (Fsp3) is 0.650. The van der Waals surface area contributed by atoms with Gasteiger partial charge in [0.1, 0.15) is 12.2 Å². The van der Waals surface area contributed by atoms with E-state index in [0.717, 1.165) is 25.7 Å². The zero-order chi connectivity index (χ0) is 17.6. The summed E-state index contributed by atoms with van der Waals surface area (Å²) >= 11 is 0. The first-order valence-corrected chi connectivity index (χ1v) is 9.15. The van der Waals surface area contributed by atoms with Gasteiger partial charge in [-0.05, 0) is 38.5 Å². The molecule has 0 radical (unpaired) electrons. The first-order chi connectivity index (χ1) is 11.6. The molecule has 0 aromatic heterocycles. The van der Waals surface area contributed by atoms with E-state index in [0.29, 0.717) is 6.42 Å². The van der Waals surface area contributed by atoms with Crippen LogP contribution < -0.4 is 5.11 Å². The van der Waals surface area contributed by atoms with Crippen molar-refractivity contribution in [3.8, 4) is 0 Å². The predicted molar refractivity (Wildman–Crippen MR) is 94.3 cm³/mol. The summed E-state index contributed by atoms with van der Waals surface area (Å²) in [5.74, 6) is -0.985. The number of hydrogen-bond donors (Lipinski definition) is 1. The molecule has 1 rings (SSSR count). The van der Waals surface area contributed by atoms with Crippen molar-refractivity contribution in [1.29, 1.82) is 0 Å². The quantitative estimate of drug-likeness (QED) is 0.301. The average Bonchev–Trinajstić information content (AvgIpc) is 3.32. The number of ether oxygens (including phenoxy) is 1. The number of carbonyl (C=O) groups excluding carboxylic acids is 1. The zero-order valence-electron chi connectivity index (χ0n) is 14.7. The predicted octanol–water partition coefficient (Wildman–Crippen LogP) is 3.06. The number of unbranched alkanes of at least 4 members (excludes halogenated alkanes) is 3. The molecule has 136 valence electrons. The summed E-state index contributed by atoms with van der Waals surface area (Å²) in [5.41, 5.74) is 0. The summed E-state index contributed by atoms with van der Waals surface area (Å²) in [6.45, 7) is 2.18. The van der Waals surface area contributed by atoms with E-state index in [9.17, 15) is 15.0 Å². The van der Waals surface area contributed by atoms with Crippen molar-refractivity contribution in [1.82, 2.24) is 0 Å². The maximum atomic E-state index is 10.2. The Kier molecular flexibility index (Phi) is 11.2. The lowest BCUT2D eigenvalue weighted by molar-refractivity contribution is -0.305. The van der Waals surface area contributed by atoms with E-state index in [1.165, 1.54) is 19.3 Å². The number of carbonyl (C=O) groups is 1. The third kappa shape index (κ3) is 10.4. The number of rotatable bonds is 14. The second-order valence-corrected chi connectivity index (χ2v) is 6.23. The number of aliphatic hydroxyl groups is 1. The maximum absolute atomic E-state index is 10.2. The van der Waals surface area contributed by atoms with E-state index in [4.69, 9.17) is 4.74 Å². The fourth-order valence-corrected chi connectivity index (χ4v) is 2.54. The monoisotopic (exact) mass is 335 g/mol. The SMILES string of the molecule is CCCCC[C@@H]1O[C@H]1[C@H](O)/C=C\C/C=C\C/C=C\CCCC(=O)[O-]. The Morgan fingerprint density at radius 3 is 2.54 bits per heavy atom. The molecule has 0 amide bonds. The van der Waals surface area contributed by atoms with E-state index >= 15 is 0 Å². The van der Waals surface area contributed by atoms with E-state index in [1.807, 2.05) is 24.3 Å². The van der Waals surface area contributed by atoms with Crippen molar-refractivity contribution < 1.29 is 19.7 Å². The van der Waals surface area contributed by atoms with Crippen LogP contribution in [0.15, 0.2) is 36.5 Å². The van der Waals surface area contributed by atoms with Crippen LogP contribution in [0.5, 0.6) is 0 Å². The second-order valence-electron chi connectivity index (χ2n) is 6.23. The number of carboxylic acids is 1. The Morgan fingerprint density at radius 1 is 1.12 bits per heavy atom. The Hall–Kier alpha value is -1.39. The van der Waals surface area contributed by atoms with E-state index < -0.39 is 12.1 Å². The smallest absolute Gasteiger partial charge is 0.114 e. The Balaban J connectivity index is 2.00. The summed E-state index contributed by atoms with van der Waals surface area (Å²) in [7, 11) is 0. The number of epoxide rings is 1. The highest BCUT2D eigenvalue weighted by molar-refractivity contribution is 5.64. The number of aliphatic hydroxyl groups excluding tert-OH is 1. The minimum atomic E-state index is -0.985. The van der Waals surface area contributed by atoms with Gasteiger partial charge in [0.2, 0.25) is 0 Å². The van der Waals surface area contributed by atoms with Gasteiger partial charge in [-0.1, -0.05) is 62.6 Å². The molecule has 24 heavy (non-hydrogen) atoms. The largest absolute Gasteiger partial charge is 0.550 e. The molecular weight excluding hydrogens is 304 g/mol. The zero-order valence-corrected chi connectivity index (χ0v) is 14.7. The second kappa shape index (κ2) is 13.0. The standard InChI is InChI=1S/C20H32O4/c1-2-3-11-15-18-20(24-18)17(21)14-12-9-7-5-4-6-8-10-13-16-19(22)23/h5-8,12,14,17-18,20-21H,2-4,9-11,13,15-16H2,1H3,(H,22,23)/p-1/b7-5-,8-6-,14-12-/t17-,18+,20+/m1/s1. The van der Waals surface area contributed by atoms with Crippen LogP contribution in [0.4, 0.5) is 0 Å². The van der Waals surface area contributed by atoms with Crippen molar-refractivity contribution >= 4 is 5.97 Å². The van der Waals surface area contributed by atoms with Gasteiger partial charge in [0.25, 0.3) is 0 Å². The van der Waals surface area contributed by atoms with Gasteiger partial charge in [0.15, 0.2) is 0 Å². The first kappa shape index (κ1) is 20.7. The van der Waals surface area contributed by atoms with Crippen molar-refractivity contribution in [2.24, 2.45) is 0 Å². The minimum absolute atomic E-state index is 0.00831. The van der Waals surface area contributed by atoms with Gasteiger partial charge >= 0.3 is 0 Å². The molecule has 1 saturated heterocycles. The Labute approximate surface area is 145 Å². The number of aliphatic carboxylic acids is 1. The van der Waals surface area contributed by atoms with Gasteiger partial charge in [-0.3, -0.25) is 0 Å². The molecule has 0 aliphatic carbocycles. The summed E-state index contributed by atoms with van der Waals surface area (Å²) in [5, 5.41) is 20.2. The van der Waals surface area contributed by atoms with E-state index in [2.05, 4.69) is 19.1 Å². The molecule has 4 nitrogen and oxygen atoms in total. The molecule has 1 aliphatic heterocycles. The molecule has 0 bridgehead atoms. The summed E-state index contributed by atoms with van der Waals surface area (Å²) in [4.78, 5) is 10.2. The van der Waals surface area contributed by atoms with E-state index in [-0.39, 0.29) is 18.6 Å². The lowest BCUT2D eigenvalue weighted by Gasteiger charge is -2.00. The van der Waals surface area contributed by atoms with E-state index in [1.54, 1.807) is 0 Å². The minimum Gasteiger partial charge on any atom is -0.550 e. The number of allylic oxidation sites excluding steroid dienone is 5. The lowest BCUT2D eigenvalue weighted by Crippen LogP contribution is -2.21. The van der Waals surface area contributed by atoms with Gasteiger partial charge in [0, 0.05) is 5.97 Å². The van der Waals surface area contributed by atoms with Gasteiger partial charge in [-0.25, -0.2) is 0 Å². The highest BCUT2D eigenvalue weighted by Gasteiger charge is 2.42. The van der Waals surface area contributed by atoms with Gasteiger partial charge in [0.05, 0.1) is 6.10 Å². The lowest BCUT2D eigenvalue weighted by atomic mass is 10.1. The van der Waals surface area contributed by atoms with Crippen LogP contribution in [0, 0.1) is 0 Å². The van der Waals surface area contributed by atoms with Crippen LogP contribution in [-0.4, -0.2) is 29.4 Å². The normalized spacial score (nSPS) is 21.9. The van der Waals surface area contributed by atoms with Crippen molar-refractivity contribution in [2.75, 3.05) is 0 Å². The molecule has 0 aromatic rings. The van der Waals surface area contributed by atoms with Gasteiger partial charge in [-0.15, -0.1) is 0 Å². The summed E-state index contributed by atoms with van der Waals surface area (Å²) in [6.07, 6.45) is 19.5. The molecule has 1 fully saturated rings. The molecule has 3 atom stereocenters. The topological polar surface area (TPSA) is 72.9 Å². The average molecular weight is 335 g/mol. The fourth-order valence-electron chi connectivity index (χ4n) is 2.54.